The minimum Gasteiger partial charge on any atom is -0.394 e. The molecule has 0 aliphatic carbocycles. The summed E-state index contributed by atoms with van der Waals surface area (Å²) in [6.07, 6.45) is -6.37. The number of carbonyl (C=O) groups is 2. The van der Waals surface area contributed by atoms with E-state index in [0.717, 1.165) is 32.1 Å². The molecule has 0 radical (unpaired) electrons. The molecule has 0 bridgehead atoms. The number of ketones is 1. The number of nitrogens with zero attached hydrogens (tertiary/aromatic N) is 1. The molecule has 14 nitrogen and oxygen atoms in total. The maximum Gasteiger partial charge on any atom is 0.222 e. The number of Topliss-reactive ketones (excluding diaryl/α,β-unsaturated/α-hetero) is 1. The Balaban J connectivity index is 1.83. The fraction of sp³-hybridized carbons (Fsp3) is 0.929. The van der Waals surface area contributed by atoms with Crippen LogP contribution >= 0.6 is 0 Å². The van der Waals surface area contributed by atoms with E-state index in [1.165, 1.54) is 0 Å². The van der Waals surface area contributed by atoms with Gasteiger partial charge < -0.3 is 64.4 Å². The van der Waals surface area contributed by atoms with E-state index >= 15 is 0 Å². The highest BCUT2D eigenvalue weighted by Gasteiger charge is 2.44. The summed E-state index contributed by atoms with van der Waals surface area (Å²) < 4.78 is 21.9. The van der Waals surface area contributed by atoms with Crippen LogP contribution in [0.3, 0.4) is 0 Å². The van der Waals surface area contributed by atoms with Gasteiger partial charge in [0, 0.05) is 25.9 Å². The van der Waals surface area contributed by atoms with Gasteiger partial charge in [0.1, 0.15) is 48.5 Å². The highest BCUT2D eigenvalue weighted by atomic mass is 16.7. The Morgan fingerprint density at radius 3 is 1.83 bits per heavy atom. The SMILES string of the molecule is CC(=O)CCCCCCCCC(=O)N(CCCO[C@H]1O[C@H](CO)[C@@H](O)[C@H](O)[C@@H]1O)CCO[C@@H]1O[C@@H](C)[C@@H](O)[C@@H](O)[C@@H]1O. The number of aliphatic hydroxyl groups excluding tert-OH is 7. The van der Waals surface area contributed by atoms with Crippen LogP contribution in [0.4, 0.5) is 0 Å². The maximum atomic E-state index is 13.0. The first-order chi connectivity index (χ1) is 20.0. The Labute approximate surface area is 247 Å². The second-order valence-corrected chi connectivity index (χ2v) is 11.2. The van der Waals surface area contributed by atoms with Crippen LogP contribution in [-0.2, 0) is 28.5 Å². The summed E-state index contributed by atoms with van der Waals surface area (Å²) in [6, 6.07) is 0. The van der Waals surface area contributed by atoms with Gasteiger partial charge in [0.2, 0.25) is 5.91 Å². The smallest absolute Gasteiger partial charge is 0.222 e. The highest BCUT2D eigenvalue weighted by Crippen LogP contribution is 2.23. The Bertz CT molecular complexity index is 787. The second kappa shape index (κ2) is 19.2. The van der Waals surface area contributed by atoms with E-state index < -0.39 is 68.0 Å². The number of carbonyl (C=O) groups excluding carboxylic acids is 2. The molecule has 0 unspecified atom stereocenters. The largest absolute Gasteiger partial charge is 0.394 e. The molecule has 0 saturated carbocycles. The summed E-state index contributed by atoms with van der Waals surface area (Å²) in [6.45, 7) is 3.01. The van der Waals surface area contributed by atoms with Gasteiger partial charge in [-0.25, -0.2) is 0 Å². The Kier molecular flexibility index (Phi) is 16.8. The summed E-state index contributed by atoms with van der Waals surface area (Å²) >= 11 is 0. The van der Waals surface area contributed by atoms with Crippen molar-refractivity contribution >= 4 is 11.7 Å². The lowest BCUT2D eigenvalue weighted by Gasteiger charge is -2.39. The van der Waals surface area contributed by atoms with Crippen LogP contribution in [0.2, 0.25) is 0 Å². The van der Waals surface area contributed by atoms with Gasteiger partial charge in [-0.05, 0) is 33.1 Å². The third-order valence-electron chi connectivity index (χ3n) is 7.68. The van der Waals surface area contributed by atoms with Crippen LogP contribution in [-0.4, -0.2) is 147 Å². The standard InChI is InChI=1S/C28H51NO13/c1-17(31)10-7-5-3-4-6-8-11-20(32)29(13-15-40-27-25(37)23(35)21(33)18(2)41-27)12-9-14-39-28-26(38)24(36)22(34)19(16-30)42-28/h18-19,21-28,30,33-38H,3-16H2,1-2H3/t18-,19+,21+,22+,23+,24-,25-,26-,27+,28-/m0/s1. The summed E-state index contributed by atoms with van der Waals surface area (Å²) in [5.41, 5.74) is 0. The lowest BCUT2D eigenvalue weighted by Crippen LogP contribution is -2.59. The molecular formula is C28H51NO13. The van der Waals surface area contributed by atoms with Gasteiger partial charge in [-0.2, -0.15) is 0 Å². The number of ether oxygens (including phenoxy) is 4. The lowest BCUT2D eigenvalue weighted by molar-refractivity contribution is -0.301. The van der Waals surface area contributed by atoms with Crippen LogP contribution in [0.15, 0.2) is 0 Å². The molecule has 2 rings (SSSR count). The average molecular weight is 610 g/mol. The summed E-state index contributed by atoms with van der Waals surface area (Å²) in [5.74, 6) is 0.0769. The molecule has 2 heterocycles. The van der Waals surface area contributed by atoms with E-state index in [0.29, 0.717) is 25.7 Å². The number of amides is 1. The summed E-state index contributed by atoms with van der Waals surface area (Å²) in [4.78, 5) is 25.7. The van der Waals surface area contributed by atoms with E-state index in [4.69, 9.17) is 18.9 Å². The van der Waals surface area contributed by atoms with Gasteiger partial charge in [-0.3, -0.25) is 4.79 Å². The molecule has 1 amide bonds. The third kappa shape index (κ3) is 11.7. The van der Waals surface area contributed by atoms with Crippen molar-refractivity contribution in [3.05, 3.63) is 0 Å². The van der Waals surface area contributed by atoms with Crippen LogP contribution < -0.4 is 0 Å². The topological polar surface area (TPSA) is 216 Å². The first-order valence-electron chi connectivity index (χ1n) is 15.0. The zero-order chi connectivity index (χ0) is 31.2. The van der Waals surface area contributed by atoms with E-state index in [-0.39, 0.29) is 38.0 Å². The molecule has 2 aliphatic rings. The monoisotopic (exact) mass is 609 g/mol. The second-order valence-electron chi connectivity index (χ2n) is 11.2. The number of aliphatic hydroxyl groups is 7. The first kappa shape index (κ1) is 36.9. The maximum absolute atomic E-state index is 13.0. The molecule has 0 aromatic heterocycles. The van der Waals surface area contributed by atoms with Crippen LogP contribution in [0.1, 0.15) is 71.6 Å². The van der Waals surface area contributed by atoms with E-state index in [2.05, 4.69) is 0 Å². The van der Waals surface area contributed by atoms with Crippen LogP contribution in [0.25, 0.3) is 0 Å². The van der Waals surface area contributed by atoms with Gasteiger partial charge >= 0.3 is 0 Å². The Hall–Kier alpha value is -1.30. The van der Waals surface area contributed by atoms with Gasteiger partial charge in [0.25, 0.3) is 0 Å². The van der Waals surface area contributed by atoms with Crippen LogP contribution in [0.5, 0.6) is 0 Å². The van der Waals surface area contributed by atoms with E-state index in [9.17, 15) is 45.3 Å². The molecule has 0 aromatic rings. The molecule has 2 aliphatic heterocycles. The van der Waals surface area contributed by atoms with Crippen molar-refractivity contribution in [3.8, 4) is 0 Å². The third-order valence-corrected chi connectivity index (χ3v) is 7.68. The predicted octanol–water partition coefficient (Wildman–Crippen LogP) is -1.42. The zero-order valence-corrected chi connectivity index (χ0v) is 24.7. The van der Waals surface area contributed by atoms with Crippen molar-refractivity contribution in [3.63, 3.8) is 0 Å². The summed E-state index contributed by atoms with van der Waals surface area (Å²) in [5, 5.41) is 69.4. The molecule has 2 fully saturated rings. The van der Waals surface area contributed by atoms with Gasteiger partial charge in [0.05, 0.1) is 25.9 Å². The van der Waals surface area contributed by atoms with Gasteiger partial charge in [-0.1, -0.05) is 25.7 Å². The molecule has 14 heteroatoms. The minimum absolute atomic E-state index is 0.00722. The van der Waals surface area contributed by atoms with Crippen molar-refractivity contribution in [1.82, 2.24) is 4.90 Å². The van der Waals surface area contributed by atoms with Gasteiger partial charge in [0.15, 0.2) is 12.6 Å². The Morgan fingerprint density at radius 1 is 0.667 bits per heavy atom. The number of unbranched alkanes of at least 4 members (excludes halogenated alkanes) is 5. The quantitative estimate of drug-likeness (QED) is 0.0838. The number of rotatable bonds is 19. The molecular weight excluding hydrogens is 558 g/mol. The van der Waals surface area contributed by atoms with Crippen LogP contribution in [0, 0.1) is 0 Å². The molecule has 7 N–H and O–H groups in total. The van der Waals surface area contributed by atoms with E-state index in [1.807, 2.05) is 0 Å². The minimum atomic E-state index is -1.55. The van der Waals surface area contributed by atoms with Crippen molar-refractivity contribution in [2.45, 2.75) is 133 Å². The van der Waals surface area contributed by atoms with Crippen molar-refractivity contribution in [2.75, 3.05) is 32.9 Å². The van der Waals surface area contributed by atoms with Gasteiger partial charge in [-0.15, -0.1) is 0 Å². The van der Waals surface area contributed by atoms with Crippen molar-refractivity contribution in [2.24, 2.45) is 0 Å². The molecule has 42 heavy (non-hydrogen) atoms. The first-order valence-corrected chi connectivity index (χ1v) is 15.0. The lowest BCUT2D eigenvalue weighted by atomic mass is 9.99. The molecule has 0 aromatic carbocycles. The predicted molar refractivity (Wildman–Crippen MR) is 147 cm³/mol. The van der Waals surface area contributed by atoms with Crippen molar-refractivity contribution in [1.29, 1.82) is 0 Å². The normalized spacial score (nSPS) is 33.5. The summed E-state index contributed by atoms with van der Waals surface area (Å²) in [7, 11) is 0. The number of hydrogen-bond acceptors (Lipinski definition) is 13. The fourth-order valence-corrected chi connectivity index (χ4v) is 4.97. The molecule has 2 saturated heterocycles. The Morgan fingerprint density at radius 2 is 1.21 bits per heavy atom. The highest BCUT2D eigenvalue weighted by molar-refractivity contribution is 5.76. The zero-order valence-electron chi connectivity index (χ0n) is 24.7. The molecule has 0 spiro atoms. The average Bonchev–Trinajstić information content (AvgIpc) is 2.96. The number of hydrogen-bond donors (Lipinski definition) is 7. The molecule has 10 atom stereocenters. The molecule has 246 valence electrons. The fourth-order valence-electron chi connectivity index (χ4n) is 4.97. The van der Waals surface area contributed by atoms with E-state index in [1.54, 1.807) is 18.7 Å². The van der Waals surface area contributed by atoms with Crippen molar-refractivity contribution < 1.29 is 64.3 Å².